The first-order valence-corrected chi connectivity index (χ1v) is 9.15. The number of esters is 1. The fraction of sp³-hybridized carbons (Fsp3) is 0.842. The van der Waals surface area contributed by atoms with E-state index in [-0.39, 0.29) is 5.97 Å². The van der Waals surface area contributed by atoms with E-state index in [4.69, 9.17) is 4.74 Å². The minimum absolute atomic E-state index is 0.0861. The van der Waals surface area contributed by atoms with Gasteiger partial charge in [0.2, 0.25) is 0 Å². The fourth-order valence-electron chi connectivity index (χ4n) is 2.75. The van der Waals surface area contributed by atoms with E-state index < -0.39 is 0 Å². The standard InChI is InChI=1S/C19H34O3/c1-3-4-5-6-8-11-14-17-18(22-17)15-12-9-7-10-13-16-19(20)21-2/h8,11,17-18H,3-7,9-10,12-16H2,1-2H3/b11-8+/t17-,18+/m1/s1. The highest BCUT2D eigenvalue weighted by Gasteiger charge is 2.36. The fourth-order valence-corrected chi connectivity index (χ4v) is 2.75. The number of allylic oxidation sites excluding steroid dienone is 1. The van der Waals surface area contributed by atoms with Crippen LogP contribution in [0.1, 0.15) is 84.0 Å². The zero-order chi connectivity index (χ0) is 16.0. The van der Waals surface area contributed by atoms with E-state index in [0.717, 1.165) is 19.3 Å². The molecule has 1 saturated heterocycles. The molecule has 1 rings (SSSR count). The number of hydrogen-bond acceptors (Lipinski definition) is 3. The minimum Gasteiger partial charge on any atom is -0.469 e. The molecule has 22 heavy (non-hydrogen) atoms. The maximum absolute atomic E-state index is 10.9. The summed E-state index contributed by atoms with van der Waals surface area (Å²) >= 11 is 0. The third-order valence-corrected chi connectivity index (χ3v) is 4.29. The maximum atomic E-state index is 10.9. The van der Waals surface area contributed by atoms with E-state index in [0.29, 0.717) is 18.6 Å². The summed E-state index contributed by atoms with van der Waals surface area (Å²) in [6, 6.07) is 0. The number of unbranched alkanes of at least 4 members (excludes halogenated alkanes) is 7. The lowest BCUT2D eigenvalue weighted by molar-refractivity contribution is -0.140. The largest absolute Gasteiger partial charge is 0.469 e. The Morgan fingerprint density at radius 3 is 2.55 bits per heavy atom. The third-order valence-electron chi connectivity index (χ3n) is 4.29. The minimum atomic E-state index is -0.0861. The van der Waals surface area contributed by atoms with E-state index in [1.54, 1.807) is 0 Å². The van der Waals surface area contributed by atoms with Crippen LogP contribution in [0.5, 0.6) is 0 Å². The Bertz CT molecular complexity index is 312. The quantitative estimate of drug-likeness (QED) is 0.192. The molecule has 1 heterocycles. The first-order chi connectivity index (χ1) is 10.8. The van der Waals surface area contributed by atoms with Crippen LogP contribution in [0.25, 0.3) is 0 Å². The van der Waals surface area contributed by atoms with Crippen LogP contribution in [0.15, 0.2) is 12.2 Å². The molecule has 1 fully saturated rings. The molecule has 0 radical (unpaired) electrons. The van der Waals surface area contributed by atoms with Gasteiger partial charge in [0.1, 0.15) is 0 Å². The molecule has 0 N–H and O–H groups in total. The van der Waals surface area contributed by atoms with Crippen molar-refractivity contribution in [3.8, 4) is 0 Å². The molecule has 0 spiro atoms. The van der Waals surface area contributed by atoms with Gasteiger partial charge >= 0.3 is 5.97 Å². The van der Waals surface area contributed by atoms with Crippen molar-refractivity contribution in [2.45, 2.75) is 96.2 Å². The summed E-state index contributed by atoms with van der Waals surface area (Å²) in [7, 11) is 1.45. The Kier molecular flexibility index (Phi) is 11.1. The van der Waals surface area contributed by atoms with E-state index in [2.05, 4.69) is 23.8 Å². The van der Waals surface area contributed by atoms with Gasteiger partial charge in [0.25, 0.3) is 0 Å². The second-order valence-electron chi connectivity index (χ2n) is 6.30. The summed E-state index contributed by atoms with van der Waals surface area (Å²) in [5.41, 5.74) is 0. The van der Waals surface area contributed by atoms with Crippen molar-refractivity contribution < 1.29 is 14.3 Å². The van der Waals surface area contributed by atoms with Gasteiger partial charge in [-0.3, -0.25) is 4.79 Å². The van der Waals surface area contributed by atoms with E-state index in [9.17, 15) is 4.79 Å². The molecule has 0 aromatic rings. The Balaban J connectivity index is 1.83. The number of methoxy groups -OCH3 is 1. The molecule has 0 bridgehead atoms. The van der Waals surface area contributed by atoms with Crippen LogP contribution in [0.3, 0.4) is 0 Å². The lowest BCUT2D eigenvalue weighted by atomic mass is 10.1. The van der Waals surface area contributed by atoms with Crippen LogP contribution >= 0.6 is 0 Å². The third kappa shape index (κ3) is 9.99. The SMILES string of the molecule is CCCCC/C=C/C[C@H]1O[C@H]1CCCCCCCC(=O)OC. The Labute approximate surface area is 136 Å². The number of epoxide rings is 1. The van der Waals surface area contributed by atoms with Crippen LogP contribution in [0.2, 0.25) is 0 Å². The first-order valence-electron chi connectivity index (χ1n) is 9.15. The van der Waals surface area contributed by atoms with E-state index in [1.807, 2.05) is 0 Å². The molecule has 3 heteroatoms. The number of hydrogen-bond donors (Lipinski definition) is 0. The lowest BCUT2D eigenvalue weighted by Gasteiger charge is -2.00. The summed E-state index contributed by atoms with van der Waals surface area (Å²) in [6.07, 6.45) is 19.4. The summed E-state index contributed by atoms with van der Waals surface area (Å²) in [5, 5.41) is 0. The van der Waals surface area contributed by atoms with E-state index in [1.165, 1.54) is 58.5 Å². The molecule has 0 aromatic carbocycles. The van der Waals surface area contributed by atoms with Crippen molar-refractivity contribution in [1.82, 2.24) is 0 Å². The van der Waals surface area contributed by atoms with Crippen molar-refractivity contribution in [3.05, 3.63) is 12.2 Å². The van der Waals surface area contributed by atoms with Gasteiger partial charge in [-0.25, -0.2) is 0 Å². The van der Waals surface area contributed by atoms with Gasteiger partial charge in [-0.15, -0.1) is 0 Å². The molecular weight excluding hydrogens is 276 g/mol. The van der Waals surface area contributed by atoms with Crippen molar-refractivity contribution >= 4 is 5.97 Å². The molecule has 0 aromatic heterocycles. The van der Waals surface area contributed by atoms with Gasteiger partial charge in [0.05, 0.1) is 19.3 Å². The van der Waals surface area contributed by atoms with Crippen LogP contribution in [0, 0.1) is 0 Å². The second kappa shape index (κ2) is 12.7. The van der Waals surface area contributed by atoms with Gasteiger partial charge in [-0.05, 0) is 32.1 Å². The molecule has 128 valence electrons. The van der Waals surface area contributed by atoms with Crippen LogP contribution in [-0.2, 0) is 14.3 Å². The van der Waals surface area contributed by atoms with Gasteiger partial charge < -0.3 is 9.47 Å². The van der Waals surface area contributed by atoms with Gasteiger partial charge in [-0.2, -0.15) is 0 Å². The summed E-state index contributed by atoms with van der Waals surface area (Å²) in [6.45, 7) is 2.24. The predicted molar refractivity (Wildman–Crippen MR) is 90.9 cm³/mol. The molecule has 1 aliphatic heterocycles. The normalized spacial score (nSPS) is 20.5. The predicted octanol–water partition coefficient (Wildman–Crippen LogP) is 5.18. The number of rotatable bonds is 14. The molecule has 0 unspecified atom stereocenters. The average molecular weight is 310 g/mol. The van der Waals surface area contributed by atoms with Crippen molar-refractivity contribution in [2.24, 2.45) is 0 Å². The number of ether oxygens (including phenoxy) is 2. The average Bonchev–Trinajstić information content (AvgIpc) is 3.28. The van der Waals surface area contributed by atoms with Crippen LogP contribution in [0.4, 0.5) is 0 Å². The first kappa shape index (κ1) is 19.2. The zero-order valence-corrected chi connectivity index (χ0v) is 14.5. The van der Waals surface area contributed by atoms with Crippen LogP contribution < -0.4 is 0 Å². The van der Waals surface area contributed by atoms with E-state index >= 15 is 0 Å². The molecule has 2 atom stereocenters. The van der Waals surface area contributed by atoms with Crippen molar-refractivity contribution in [1.29, 1.82) is 0 Å². The highest BCUT2D eigenvalue weighted by Crippen LogP contribution is 2.30. The topological polar surface area (TPSA) is 38.8 Å². The summed E-state index contributed by atoms with van der Waals surface area (Å²) in [5.74, 6) is -0.0861. The van der Waals surface area contributed by atoms with Gasteiger partial charge in [-0.1, -0.05) is 57.6 Å². The highest BCUT2D eigenvalue weighted by molar-refractivity contribution is 5.68. The molecule has 0 aliphatic carbocycles. The van der Waals surface area contributed by atoms with Crippen molar-refractivity contribution in [3.63, 3.8) is 0 Å². The Morgan fingerprint density at radius 1 is 1.00 bits per heavy atom. The number of carbonyl (C=O) groups excluding carboxylic acids is 1. The molecule has 0 amide bonds. The lowest BCUT2D eigenvalue weighted by Crippen LogP contribution is -1.99. The van der Waals surface area contributed by atoms with Gasteiger partial charge in [0, 0.05) is 6.42 Å². The maximum Gasteiger partial charge on any atom is 0.305 e. The van der Waals surface area contributed by atoms with Gasteiger partial charge in [0.15, 0.2) is 0 Å². The highest BCUT2D eigenvalue weighted by atomic mass is 16.6. The number of carbonyl (C=O) groups is 1. The monoisotopic (exact) mass is 310 g/mol. The zero-order valence-electron chi connectivity index (χ0n) is 14.5. The van der Waals surface area contributed by atoms with Crippen molar-refractivity contribution in [2.75, 3.05) is 7.11 Å². The second-order valence-corrected chi connectivity index (χ2v) is 6.30. The molecular formula is C19H34O3. The summed E-state index contributed by atoms with van der Waals surface area (Å²) in [4.78, 5) is 10.9. The van der Waals surface area contributed by atoms with Crippen LogP contribution in [-0.4, -0.2) is 25.3 Å². The molecule has 0 saturated carbocycles. The summed E-state index contributed by atoms with van der Waals surface area (Å²) < 4.78 is 10.3. The smallest absolute Gasteiger partial charge is 0.305 e. The Hall–Kier alpha value is -0.830. The molecule has 1 aliphatic rings. The molecule has 3 nitrogen and oxygen atoms in total. The Morgan fingerprint density at radius 2 is 1.77 bits per heavy atom.